The van der Waals surface area contributed by atoms with Crippen LogP contribution < -0.4 is 0 Å². The molecule has 0 radical (unpaired) electrons. The Balaban J connectivity index is 5.23. The van der Waals surface area contributed by atoms with E-state index in [2.05, 4.69) is 48.5 Å². The first-order valence-corrected chi connectivity index (χ1v) is 44.4. The van der Waals surface area contributed by atoms with Crippen LogP contribution in [0.3, 0.4) is 0 Å². The molecule has 0 amide bonds. The molecule has 0 aliphatic heterocycles. The standard InChI is InChI=1S/C80H156O17P2/c1-8-10-11-12-13-14-15-29-35-40-49-56-63-79(84)97-76(68-91-78(83)62-55-48-43-42-46-53-60-73(7)9-2)70-95-99(88,89)93-66-74(81)65-92-98(86,87)94-69-75(67-90-77(82)61-54-47-39-34-30-25-22-18-20-24-28-33-38-45-52-59-72(5)6)96-80(85)64-57-50-41-36-31-26-21-17-16-19-23-27-32-37-44-51-58-71(3)4/h71-76,81H,8-70H2,1-7H3,(H,86,87)(H,88,89)/t73?,74-,75-,76-/m1/s1. The number of ether oxygens (including phenoxy) is 4. The predicted octanol–water partition coefficient (Wildman–Crippen LogP) is 23.7. The summed E-state index contributed by atoms with van der Waals surface area (Å²) in [6, 6.07) is 0. The van der Waals surface area contributed by atoms with Gasteiger partial charge in [0.1, 0.15) is 19.3 Å². The molecule has 0 bridgehead atoms. The van der Waals surface area contributed by atoms with E-state index >= 15 is 0 Å². The van der Waals surface area contributed by atoms with Gasteiger partial charge >= 0.3 is 39.5 Å². The van der Waals surface area contributed by atoms with E-state index < -0.39 is 97.5 Å². The van der Waals surface area contributed by atoms with Crippen LogP contribution >= 0.6 is 15.6 Å². The fraction of sp³-hybridized carbons (Fsp3) is 0.950. The molecule has 0 saturated heterocycles. The lowest BCUT2D eigenvalue weighted by molar-refractivity contribution is -0.161. The molecule has 0 saturated carbocycles. The van der Waals surface area contributed by atoms with Crippen molar-refractivity contribution >= 4 is 39.5 Å². The Morgan fingerprint density at radius 3 is 0.768 bits per heavy atom. The molecule has 3 unspecified atom stereocenters. The van der Waals surface area contributed by atoms with Crippen molar-refractivity contribution in [1.82, 2.24) is 0 Å². The van der Waals surface area contributed by atoms with Crippen molar-refractivity contribution in [3.8, 4) is 0 Å². The number of hydrogen-bond donors (Lipinski definition) is 3. The third kappa shape index (κ3) is 72.8. The minimum atomic E-state index is -4.96. The SMILES string of the molecule is CCCCCCCCCCCCCCC(=O)O[C@H](COC(=O)CCCCCCCCC(C)CC)COP(=O)(O)OC[C@H](O)COP(=O)(O)OC[C@@H](COC(=O)CCCCCCCCCCCCCCCCCC(C)C)OC(=O)CCCCCCCCCCCCCCCCCCC(C)C. The second kappa shape index (κ2) is 70.4. The normalized spacial score (nSPS) is 14.3. The second-order valence-corrected chi connectivity index (χ2v) is 32.9. The van der Waals surface area contributed by atoms with E-state index in [9.17, 15) is 43.2 Å². The Bertz CT molecular complexity index is 1920. The number of unbranched alkanes of at least 4 members (excludes halogenated alkanes) is 45. The summed E-state index contributed by atoms with van der Waals surface area (Å²) >= 11 is 0. The molecule has 0 aromatic rings. The van der Waals surface area contributed by atoms with E-state index in [0.717, 1.165) is 114 Å². The molecule has 19 heteroatoms. The van der Waals surface area contributed by atoms with Gasteiger partial charge in [-0.15, -0.1) is 0 Å². The molecule has 0 aromatic heterocycles. The van der Waals surface area contributed by atoms with Crippen molar-refractivity contribution in [3.63, 3.8) is 0 Å². The number of hydrogen-bond acceptors (Lipinski definition) is 15. The first kappa shape index (κ1) is 97.1. The highest BCUT2D eigenvalue weighted by molar-refractivity contribution is 7.47. The van der Waals surface area contributed by atoms with E-state index in [1.54, 1.807) is 0 Å². The number of carbonyl (C=O) groups excluding carboxylic acids is 4. The number of aliphatic hydroxyl groups is 1. The first-order chi connectivity index (χ1) is 47.8. The van der Waals surface area contributed by atoms with Gasteiger partial charge < -0.3 is 33.8 Å². The molecule has 3 N–H and O–H groups in total. The Labute approximate surface area is 607 Å². The highest BCUT2D eigenvalue weighted by Gasteiger charge is 2.30. The molecule has 0 aliphatic carbocycles. The van der Waals surface area contributed by atoms with Gasteiger partial charge in [-0.3, -0.25) is 37.3 Å². The zero-order valence-electron chi connectivity index (χ0n) is 65.0. The average molecular weight is 1450 g/mol. The zero-order valence-corrected chi connectivity index (χ0v) is 66.8. The highest BCUT2D eigenvalue weighted by atomic mass is 31.2. The molecule has 0 aromatic carbocycles. The molecule has 588 valence electrons. The molecule has 0 rings (SSSR count). The van der Waals surface area contributed by atoms with Crippen LogP contribution in [0.15, 0.2) is 0 Å². The van der Waals surface area contributed by atoms with Crippen LogP contribution in [0.25, 0.3) is 0 Å². The maximum Gasteiger partial charge on any atom is 0.472 e. The molecule has 0 aliphatic rings. The van der Waals surface area contributed by atoms with E-state index in [4.69, 9.17) is 37.0 Å². The molecule has 6 atom stereocenters. The topological polar surface area (TPSA) is 237 Å². The lowest BCUT2D eigenvalue weighted by atomic mass is 10.00. The molecule has 0 spiro atoms. The molecular formula is C80H156O17P2. The summed E-state index contributed by atoms with van der Waals surface area (Å²) in [4.78, 5) is 73.0. The predicted molar refractivity (Wildman–Crippen MR) is 405 cm³/mol. The van der Waals surface area contributed by atoms with Crippen molar-refractivity contribution in [2.75, 3.05) is 39.6 Å². The average Bonchev–Trinajstić information content (AvgIpc) is 1.71. The van der Waals surface area contributed by atoms with E-state index in [1.165, 1.54) is 218 Å². The summed E-state index contributed by atoms with van der Waals surface area (Å²) in [5.41, 5.74) is 0. The number of phosphoric ester groups is 2. The second-order valence-electron chi connectivity index (χ2n) is 30.0. The van der Waals surface area contributed by atoms with Gasteiger partial charge in [-0.05, 0) is 43.4 Å². The quantitative estimate of drug-likeness (QED) is 0.0222. The van der Waals surface area contributed by atoms with Crippen LogP contribution in [-0.2, 0) is 65.4 Å². The number of carbonyl (C=O) groups is 4. The van der Waals surface area contributed by atoms with Gasteiger partial charge in [0, 0.05) is 25.7 Å². The van der Waals surface area contributed by atoms with Gasteiger partial charge in [0.25, 0.3) is 0 Å². The Morgan fingerprint density at radius 2 is 0.515 bits per heavy atom. The summed E-state index contributed by atoms with van der Waals surface area (Å²) in [6.07, 6.45) is 58.3. The summed E-state index contributed by atoms with van der Waals surface area (Å²) in [7, 11) is -9.92. The molecule has 0 fully saturated rings. The monoisotopic (exact) mass is 1450 g/mol. The van der Waals surface area contributed by atoms with E-state index in [1.807, 2.05) is 0 Å². The van der Waals surface area contributed by atoms with Crippen LogP contribution in [-0.4, -0.2) is 96.7 Å². The fourth-order valence-electron chi connectivity index (χ4n) is 12.3. The molecular weight excluding hydrogens is 1290 g/mol. The first-order valence-electron chi connectivity index (χ1n) is 41.4. The van der Waals surface area contributed by atoms with Crippen molar-refractivity contribution in [3.05, 3.63) is 0 Å². The summed E-state index contributed by atoms with van der Waals surface area (Å²) in [5.74, 6) is 0.234. The fourth-order valence-corrected chi connectivity index (χ4v) is 13.9. The summed E-state index contributed by atoms with van der Waals surface area (Å²) in [5, 5.41) is 10.6. The van der Waals surface area contributed by atoms with E-state index in [-0.39, 0.29) is 25.7 Å². The van der Waals surface area contributed by atoms with Gasteiger partial charge in [-0.2, -0.15) is 0 Å². The van der Waals surface area contributed by atoms with Gasteiger partial charge in [0.2, 0.25) is 0 Å². The largest absolute Gasteiger partial charge is 0.472 e. The minimum Gasteiger partial charge on any atom is -0.462 e. The molecule has 17 nitrogen and oxygen atoms in total. The third-order valence-electron chi connectivity index (χ3n) is 19.0. The van der Waals surface area contributed by atoms with Gasteiger partial charge in [0.05, 0.1) is 26.4 Å². The van der Waals surface area contributed by atoms with Crippen LogP contribution in [0.5, 0.6) is 0 Å². The van der Waals surface area contributed by atoms with Gasteiger partial charge in [-0.1, -0.05) is 363 Å². The van der Waals surface area contributed by atoms with Crippen molar-refractivity contribution in [1.29, 1.82) is 0 Å². The maximum absolute atomic E-state index is 13.1. The minimum absolute atomic E-state index is 0.106. The Hall–Kier alpha value is -1.94. The van der Waals surface area contributed by atoms with Crippen molar-refractivity contribution in [2.45, 2.75) is 433 Å². The molecule has 0 heterocycles. The van der Waals surface area contributed by atoms with Crippen molar-refractivity contribution < 1.29 is 80.2 Å². The third-order valence-corrected chi connectivity index (χ3v) is 20.9. The summed E-state index contributed by atoms with van der Waals surface area (Å²) < 4.78 is 68.7. The Morgan fingerprint density at radius 1 is 0.293 bits per heavy atom. The molecule has 99 heavy (non-hydrogen) atoms. The number of aliphatic hydroxyl groups excluding tert-OH is 1. The lowest BCUT2D eigenvalue weighted by Crippen LogP contribution is -2.30. The number of rotatable bonds is 78. The Kier molecular flexibility index (Phi) is 69.0. The van der Waals surface area contributed by atoms with Crippen LogP contribution in [0.4, 0.5) is 0 Å². The van der Waals surface area contributed by atoms with E-state index in [0.29, 0.717) is 25.7 Å². The smallest absolute Gasteiger partial charge is 0.462 e. The maximum atomic E-state index is 13.1. The van der Waals surface area contributed by atoms with Crippen molar-refractivity contribution in [2.24, 2.45) is 17.8 Å². The number of phosphoric acid groups is 2. The van der Waals surface area contributed by atoms with Gasteiger partial charge in [-0.25, -0.2) is 9.13 Å². The van der Waals surface area contributed by atoms with Crippen LogP contribution in [0.2, 0.25) is 0 Å². The zero-order chi connectivity index (χ0) is 73.0. The van der Waals surface area contributed by atoms with Crippen LogP contribution in [0, 0.1) is 17.8 Å². The lowest BCUT2D eigenvalue weighted by Gasteiger charge is -2.21. The number of esters is 4. The highest BCUT2D eigenvalue weighted by Crippen LogP contribution is 2.45. The summed E-state index contributed by atoms with van der Waals surface area (Å²) in [6.45, 7) is 11.9. The van der Waals surface area contributed by atoms with Gasteiger partial charge in [0.15, 0.2) is 12.2 Å². The van der Waals surface area contributed by atoms with Crippen LogP contribution in [0.1, 0.15) is 414 Å².